The van der Waals surface area contributed by atoms with Crippen LogP contribution in [0.15, 0.2) is 54.7 Å². The van der Waals surface area contributed by atoms with Gasteiger partial charge in [-0.05, 0) is 35.9 Å². The van der Waals surface area contributed by atoms with Crippen molar-refractivity contribution in [1.82, 2.24) is 15.2 Å². The number of nitrogens with one attached hydrogen (secondary N) is 2. The van der Waals surface area contributed by atoms with Crippen molar-refractivity contribution in [3.63, 3.8) is 0 Å². The van der Waals surface area contributed by atoms with Gasteiger partial charge in [-0.1, -0.05) is 25.1 Å². The van der Waals surface area contributed by atoms with Gasteiger partial charge in [-0.3, -0.25) is 0 Å². The molecule has 3 aromatic rings. The van der Waals surface area contributed by atoms with Crippen LogP contribution in [0.4, 0.5) is 23.7 Å². The molecular formula is C24H25F3N4O3. The standard InChI is InChI=1S/C24H25F3N4O3/c1-15(19-14-28-20-5-3-2-4-18(19)20)21(22(32)33)29-23(34)31-12-10-30(11-13-31)17-8-6-16(7-9-17)24(25,26)27/h2-9,14-15,21,28H,10-13H2,1H3,(H,29,34)(H,32,33)/t15-,21+/m0/s1. The number of aliphatic carboxylic acids is 1. The van der Waals surface area contributed by atoms with Crippen molar-refractivity contribution in [2.45, 2.75) is 25.1 Å². The Labute approximate surface area is 194 Å². The van der Waals surface area contributed by atoms with E-state index in [1.165, 1.54) is 17.0 Å². The maximum absolute atomic E-state index is 12.8. The van der Waals surface area contributed by atoms with Crippen LogP contribution in [-0.2, 0) is 11.0 Å². The molecule has 2 aromatic carbocycles. The topological polar surface area (TPSA) is 88.7 Å². The molecule has 0 bridgehead atoms. The van der Waals surface area contributed by atoms with E-state index in [4.69, 9.17) is 0 Å². The molecule has 4 rings (SSSR count). The summed E-state index contributed by atoms with van der Waals surface area (Å²) in [6.45, 7) is 3.25. The van der Waals surface area contributed by atoms with Crippen LogP contribution in [0.2, 0.25) is 0 Å². The number of H-pyrrole nitrogens is 1. The number of anilines is 1. The van der Waals surface area contributed by atoms with E-state index >= 15 is 0 Å². The molecule has 0 unspecified atom stereocenters. The van der Waals surface area contributed by atoms with Gasteiger partial charge in [-0.25, -0.2) is 9.59 Å². The van der Waals surface area contributed by atoms with Crippen molar-refractivity contribution in [1.29, 1.82) is 0 Å². The Morgan fingerprint density at radius 1 is 1.03 bits per heavy atom. The Morgan fingerprint density at radius 3 is 2.29 bits per heavy atom. The van der Waals surface area contributed by atoms with E-state index in [1.54, 1.807) is 13.1 Å². The Morgan fingerprint density at radius 2 is 1.68 bits per heavy atom. The van der Waals surface area contributed by atoms with Crippen LogP contribution in [0.25, 0.3) is 10.9 Å². The Kier molecular flexibility index (Phi) is 6.41. The highest BCUT2D eigenvalue weighted by Crippen LogP contribution is 2.31. The molecule has 180 valence electrons. The van der Waals surface area contributed by atoms with E-state index in [1.807, 2.05) is 29.2 Å². The van der Waals surface area contributed by atoms with Crippen molar-refractivity contribution >= 4 is 28.6 Å². The molecule has 1 aliphatic heterocycles. The molecule has 1 aromatic heterocycles. The summed E-state index contributed by atoms with van der Waals surface area (Å²) in [7, 11) is 0. The zero-order valence-electron chi connectivity index (χ0n) is 18.5. The van der Waals surface area contributed by atoms with E-state index in [0.29, 0.717) is 31.9 Å². The first-order chi connectivity index (χ1) is 16.1. The number of rotatable bonds is 5. The summed E-state index contributed by atoms with van der Waals surface area (Å²) in [5.41, 5.74) is 1.62. The largest absolute Gasteiger partial charge is 0.480 e. The number of carbonyl (C=O) groups is 2. The number of benzene rings is 2. The van der Waals surface area contributed by atoms with Crippen LogP contribution in [0, 0.1) is 0 Å². The van der Waals surface area contributed by atoms with E-state index in [-0.39, 0.29) is 0 Å². The van der Waals surface area contributed by atoms with E-state index < -0.39 is 35.7 Å². The highest BCUT2D eigenvalue weighted by molar-refractivity contribution is 5.87. The molecule has 2 atom stereocenters. The number of nitrogens with zero attached hydrogens (tertiary/aromatic N) is 2. The first-order valence-electron chi connectivity index (χ1n) is 10.9. The number of carboxylic acid groups (broad SMARTS) is 1. The second kappa shape index (κ2) is 9.28. The summed E-state index contributed by atoms with van der Waals surface area (Å²) in [5, 5.41) is 13.4. The minimum atomic E-state index is -4.39. The predicted octanol–water partition coefficient (Wildman–Crippen LogP) is 4.28. The number of hydrogen-bond acceptors (Lipinski definition) is 3. The van der Waals surface area contributed by atoms with Crippen LogP contribution in [-0.4, -0.2) is 59.2 Å². The van der Waals surface area contributed by atoms with E-state index in [2.05, 4.69) is 10.3 Å². The van der Waals surface area contributed by atoms with Crippen LogP contribution >= 0.6 is 0 Å². The van der Waals surface area contributed by atoms with Crippen molar-refractivity contribution in [2.24, 2.45) is 0 Å². The smallest absolute Gasteiger partial charge is 0.416 e. The van der Waals surface area contributed by atoms with Gasteiger partial charge in [-0.2, -0.15) is 13.2 Å². The molecule has 2 heterocycles. The lowest BCUT2D eigenvalue weighted by Crippen LogP contribution is -2.55. The molecule has 7 nitrogen and oxygen atoms in total. The third kappa shape index (κ3) is 4.80. The maximum Gasteiger partial charge on any atom is 0.416 e. The minimum Gasteiger partial charge on any atom is -0.480 e. The van der Waals surface area contributed by atoms with Crippen molar-refractivity contribution in [3.8, 4) is 0 Å². The summed E-state index contributed by atoms with van der Waals surface area (Å²) in [5.74, 6) is -1.61. The molecule has 1 saturated heterocycles. The van der Waals surface area contributed by atoms with Crippen LogP contribution < -0.4 is 10.2 Å². The number of amides is 2. The van der Waals surface area contributed by atoms with Gasteiger partial charge in [0.2, 0.25) is 0 Å². The van der Waals surface area contributed by atoms with Gasteiger partial charge in [-0.15, -0.1) is 0 Å². The second-order valence-electron chi connectivity index (χ2n) is 8.36. The van der Waals surface area contributed by atoms with Crippen molar-refractivity contribution in [2.75, 3.05) is 31.1 Å². The lowest BCUT2D eigenvalue weighted by molar-refractivity contribution is -0.140. The first kappa shape index (κ1) is 23.5. The number of halogens is 3. The highest BCUT2D eigenvalue weighted by atomic mass is 19.4. The summed E-state index contributed by atoms with van der Waals surface area (Å²) < 4.78 is 38.3. The number of carboxylic acids is 1. The van der Waals surface area contributed by atoms with Crippen molar-refractivity contribution in [3.05, 3.63) is 65.9 Å². The zero-order chi connectivity index (χ0) is 24.5. The Bertz CT molecular complexity index is 1170. The zero-order valence-corrected chi connectivity index (χ0v) is 18.5. The van der Waals surface area contributed by atoms with Gasteiger partial charge in [0.05, 0.1) is 5.56 Å². The fourth-order valence-corrected chi connectivity index (χ4v) is 4.30. The average molecular weight is 474 g/mol. The minimum absolute atomic E-state index is 0.320. The third-order valence-electron chi connectivity index (χ3n) is 6.28. The molecule has 0 radical (unpaired) electrons. The normalized spacial score (nSPS) is 16.4. The monoisotopic (exact) mass is 474 g/mol. The molecule has 3 N–H and O–H groups in total. The lowest BCUT2D eigenvalue weighted by Gasteiger charge is -2.37. The van der Waals surface area contributed by atoms with Gasteiger partial charge in [0.1, 0.15) is 6.04 Å². The number of carbonyl (C=O) groups excluding carboxylic acids is 1. The Hall–Kier alpha value is -3.69. The number of para-hydroxylation sites is 1. The number of alkyl halides is 3. The van der Waals surface area contributed by atoms with Crippen LogP contribution in [0.3, 0.4) is 0 Å². The SMILES string of the molecule is C[C@@H](c1c[nH]c2ccccc12)[C@@H](NC(=O)N1CCN(c2ccc(C(F)(F)F)cc2)CC1)C(=O)O. The number of aromatic amines is 1. The summed E-state index contributed by atoms with van der Waals surface area (Å²) in [6, 6.07) is 10.9. The van der Waals surface area contributed by atoms with E-state index in [0.717, 1.165) is 28.6 Å². The highest BCUT2D eigenvalue weighted by Gasteiger charge is 2.32. The van der Waals surface area contributed by atoms with Crippen LogP contribution in [0.5, 0.6) is 0 Å². The molecule has 0 saturated carbocycles. The molecule has 0 aliphatic carbocycles. The van der Waals surface area contributed by atoms with E-state index in [9.17, 15) is 27.9 Å². The van der Waals surface area contributed by atoms with Gasteiger partial charge in [0.25, 0.3) is 0 Å². The number of urea groups is 1. The molecule has 1 aliphatic rings. The summed E-state index contributed by atoms with van der Waals surface area (Å²) in [6.07, 6.45) is -2.62. The van der Waals surface area contributed by atoms with Gasteiger partial charge < -0.3 is 25.2 Å². The molecule has 2 amide bonds. The third-order valence-corrected chi connectivity index (χ3v) is 6.28. The van der Waals surface area contributed by atoms with Gasteiger partial charge >= 0.3 is 18.2 Å². The molecule has 1 fully saturated rings. The maximum atomic E-state index is 12.8. The fraction of sp³-hybridized carbons (Fsp3) is 0.333. The summed E-state index contributed by atoms with van der Waals surface area (Å²) in [4.78, 5) is 31.4. The number of hydrogen-bond donors (Lipinski definition) is 3. The average Bonchev–Trinajstić information content (AvgIpc) is 3.26. The van der Waals surface area contributed by atoms with Gasteiger partial charge in [0.15, 0.2) is 0 Å². The molecule has 10 heteroatoms. The number of piperazine rings is 1. The van der Waals surface area contributed by atoms with Crippen LogP contribution in [0.1, 0.15) is 24.0 Å². The van der Waals surface area contributed by atoms with Crippen molar-refractivity contribution < 1.29 is 27.9 Å². The van der Waals surface area contributed by atoms with Gasteiger partial charge in [0, 0.05) is 54.9 Å². The first-order valence-corrected chi connectivity index (χ1v) is 10.9. The lowest BCUT2D eigenvalue weighted by atomic mass is 9.93. The summed E-state index contributed by atoms with van der Waals surface area (Å²) >= 11 is 0. The molecule has 34 heavy (non-hydrogen) atoms. The quantitative estimate of drug-likeness (QED) is 0.515. The predicted molar refractivity (Wildman–Crippen MR) is 122 cm³/mol. The molecular weight excluding hydrogens is 449 g/mol. The fourth-order valence-electron chi connectivity index (χ4n) is 4.30. The number of aromatic nitrogens is 1. The number of fused-ring (bicyclic) bond motifs is 1. The Balaban J connectivity index is 1.38. The second-order valence-corrected chi connectivity index (χ2v) is 8.36. The molecule has 0 spiro atoms.